The SMILES string of the molecule is CC1CCC(C(=O)N2CCCC3(COCCN(c4nccs4)C3)C2)CC1. The van der Waals surface area contributed by atoms with Crippen LogP contribution in [0.1, 0.15) is 45.4 Å². The molecule has 1 spiro atoms. The number of anilines is 1. The summed E-state index contributed by atoms with van der Waals surface area (Å²) >= 11 is 1.69. The molecule has 2 aliphatic heterocycles. The highest BCUT2D eigenvalue weighted by molar-refractivity contribution is 7.13. The van der Waals surface area contributed by atoms with Crippen LogP contribution in [0.5, 0.6) is 0 Å². The predicted molar refractivity (Wildman–Crippen MR) is 105 cm³/mol. The topological polar surface area (TPSA) is 45.7 Å². The monoisotopic (exact) mass is 377 g/mol. The number of hydrogen-bond donors (Lipinski definition) is 0. The largest absolute Gasteiger partial charge is 0.379 e. The number of likely N-dealkylation sites (tertiary alicyclic amines) is 1. The van der Waals surface area contributed by atoms with Crippen LogP contribution in [0.2, 0.25) is 0 Å². The van der Waals surface area contributed by atoms with Gasteiger partial charge in [0, 0.05) is 49.1 Å². The van der Waals surface area contributed by atoms with E-state index in [0.717, 1.165) is 76.1 Å². The predicted octanol–water partition coefficient (Wildman–Crippen LogP) is 3.41. The maximum absolute atomic E-state index is 13.1. The Labute approximate surface area is 160 Å². The van der Waals surface area contributed by atoms with Crippen LogP contribution in [-0.4, -0.2) is 55.2 Å². The van der Waals surface area contributed by atoms with Crippen molar-refractivity contribution in [3.63, 3.8) is 0 Å². The minimum Gasteiger partial charge on any atom is -0.379 e. The summed E-state index contributed by atoms with van der Waals surface area (Å²) in [5, 5.41) is 3.12. The van der Waals surface area contributed by atoms with Gasteiger partial charge in [0.2, 0.25) is 5.91 Å². The number of hydrogen-bond acceptors (Lipinski definition) is 5. The third-order valence-corrected chi connectivity index (χ3v) is 7.30. The number of carbonyl (C=O) groups excluding carboxylic acids is 1. The summed E-state index contributed by atoms with van der Waals surface area (Å²) in [5.74, 6) is 1.44. The van der Waals surface area contributed by atoms with Crippen molar-refractivity contribution < 1.29 is 9.53 Å². The van der Waals surface area contributed by atoms with Gasteiger partial charge in [0.25, 0.3) is 0 Å². The van der Waals surface area contributed by atoms with Gasteiger partial charge in [-0.1, -0.05) is 6.92 Å². The smallest absolute Gasteiger partial charge is 0.225 e. The Morgan fingerprint density at radius 3 is 2.88 bits per heavy atom. The third-order valence-electron chi connectivity index (χ3n) is 6.47. The second-order valence-corrected chi connectivity index (χ2v) is 9.48. The number of aromatic nitrogens is 1. The molecule has 1 aromatic rings. The van der Waals surface area contributed by atoms with E-state index in [4.69, 9.17) is 4.74 Å². The van der Waals surface area contributed by atoms with E-state index >= 15 is 0 Å². The van der Waals surface area contributed by atoms with Crippen molar-refractivity contribution in [2.45, 2.75) is 45.4 Å². The first-order chi connectivity index (χ1) is 12.7. The lowest BCUT2D eigenvalue weighted by atomic mass is 9.78. The van der Waals surface area contributed by atoms with Crippen LogP contribution in [0.3, 0.4) is 0 Å². The van der Waals surface area contributed by atoms with Crippen LogP contribution in [0.25, 0.3) is 0 Å². The maximum atomic E-state index is 13.1. The van der Waals surface area contributed by atoms with E-state index in [2.05, 4.69) is 21.7 Å². The summed E-state index contributed by atoms with van der Waals surface area (Å²) in [4.78, 5) is 22.2. The maximum Gasteiger partial charge on any atom is 0.225 e. The number of amides is 1. The second kappa shape index (κ2) is 7.85. The zero-order valence-electron chi connectivity index (χ0n) is 15.9. The summed E-state index contributed by atoms with van der Waals surface area (Å²) in [5.41, 5.74) is 0.0536. The van der Waals surface area contributed by atoms with Crippen molar-refractivity contribution in [1.29, 1.82) is 0 Å². The fraction of sp³-hybridized carbons (Fsp3) is 0.800. The molecule has 2 saturated heterocycles. The lowest BCUT2D eigenvalue weighted by molar-refractivity contribution is -0.141. The first-order valence-electron chi connectivity index (χ1n) is 10.2. The highest BCUT2D eigenvalue weighted by atomic mass is 32.1. The van der Waals surface area contributed by atoms with Crippen LogP contribution in [0.4, 0.5) is 5.13 Å². The minimum absolute atomic E-state index is 0.0536. The van der Waals surface area contributed by atoms with E-state index in [1.54, 1.807) is 11.3 Å². The summed E-state index contributed by atoms with van der Waals surface area (Å²) in [7, 11) is 0. The molecule has 1 atom stereocenters. The van der Waals surface area contributed by atoms with Crippen LogP contribution >= 0.6 is 11.3 Å². The van der Waals surface area contributed by atoms with Gasteiger partial charge in [-0.2, -0.15) is 0 Å². The Morgan fingerprint density at radius 1 is 1.27 bits per heavy atom. The highest BCUT2D eigenvalue weighted by Crippen LogP contribution is 2.37. The van der Waals surface area contributed by atoms with Crippen LogP contribution in [0.15, 0.2) is 11.6 Å². The van der Waals surface area contributed by atoms with E-state index < -0.39 is 0 Å². The quantitative estimate of drug-likeness (QED) is 0.792. The molecular formula is C20H31N3O2S. The summed E-state index contributed by atoms with van der Waals surface area (Å²) in [6, 6.07) is 0. The average Bonchev–Trinajstić information content (AvgIpc) is 3.12. The number of nitrogens with zero attached hydrogens (tertiary/aromatic N) is 3. The van der Waals surface area contributed by atoms with Crippen molar-refractivity contribution in [1.82, 2.24) is 9.88 Å². The number of rotatable bonds is 2. The first kappa shape index (κ1) is 18.2. The van der Waals surface area contributed by atoms with Crippen LogP contribution < -0.4 is 4.90 Å². The number of ether oxygens (including phenoxy) is 1. The van der Waals surface area contributed by atoms with Crippen molar-refractivity contribution in [3.8, 4) is 0 Å². The summed E-state index contributed by atoms with van der Waals surface area (Å²) < 4.78 is 6.00. The minimum atomic E-state index is 0.0536. The van der Waals surface area contributed by atoms with Gasteiger partial charge >= 0.3 is 0 Å². The van der Waals surface area contributed by atoms with Crippen LogP contribution in [-0.2, 0) is 9.53 Å². The van der Waals surface area contributed by atoms with Gasteiger partial charge < -0.3 is 14.5 Å². The van der Waals surface area contributed by atoms with Crippen molar-refractivity contribution >= 4 is 22.4 Å². The molecule has 4 rings (SSSR count). The van der Waals surface area contributed by atoms with Crippen molar-refractivity contribution in [3.05, 3.63) is 11.6 Å². The number of piperidine rings is 1. The molecule has 3 fully saturated rings. The molecule has 3 heterocycles. The standard InChI is InChI=1S/C20H31N3O2S/c1-16-3-5-17(6-4-16)18(24)22-9-2-7-20(13-22)14-23(10-11-25-15-20)19-21-8-12-26-19/h8,12,16-17H,2-7,9-11,13-15H2,1H3. The van der Waals surface area contributed by atoms with Gasteiger partial charge in [0.15, 0.2) is 5.13 Å². The number of thiazole rings is 1. The molecule has 26 heavy (non-hydrogen) atoms. The fourth-order valence-electron chi connectivity index (χ4n) is 4.94. The molecule has 0 bridgehead atoms. The molecule has 1 aliphatic carbocycles. The molecule has 1 unspecified atom stereocenters. The van der Waals surface area contributed by atoms with Gasteiger partial charge in [-0.25, -0.2) is 4.98 Å². The normalized spacial score (nSPS) is 33.3. The third kappa shape index (κ3) is 3.91. The van der Waals surface area contributed by atoms with E-state index in [1.165, 1.54) is 12.8 Å². The van der Waals surface area contributed by atoms with Gasteiger partial charge in [-0.15, -0.1) is 11.3 Å². The first-order valence-corrected chi connectivity index (χ1v) is 11.0. The molecule has 1 aromatic heterocycles. The Balaban J connectivity index is 1.45. The average molecular weight is 378 g/mol. The Morgan fingerprint density at radius 2 is 2.12 bits per heavy atom. The molecule has 1 amide bonds. The molecule has 3 aliphatic rings. The van der Waals surface area contributed by atoms with Gasteiger partial charge in [0.1, 0.15) is 0 Å². The van der Waals surface area contributed by atoms with Gasteiger partial charge in [0.05, 0.1) is 13.2 Å². The summed E-state index contributed by atoms with van der Waals surface area (Å²) in [6.45, 7) is 7.43. The second-order valence-electron chi connectivity index (χ2n) is 8.61. The fourth-order valence-corrected chi connectivity index (χ4v) is 5.61. The molecule has 0 N–H and O–H groups in total. The Bertz CT molecular complexity index is 600. The van der Waals surface area contributed by atoms with E-state index in [9.17, 15) is 4.79 Å². The lowest BCUT2D eigenvalue weighted by Gasteiger charge is -2.44. The van der Waals surface area contributed by atoms with Crippen molar-refractivity contribution in [2.24, 2.45) is 17.3 Å². The van der Waals surface area contributed by atoms with Gasteiger partial charge in [-0.3, -0.25) is 4.79 Å². The van der Waals surface area contributed by atoms with Crippen molar-refractivity contribution in [2.75, 3.05) is 44.3 Å². The molecular weight excluding hydrogens is 346 g/mol. The van der Waals surface area contributed by atoms with E-state index in [-0.39, 0.29) is 11.3 Å². The highest BCUT2D eigenvalue weighted by Gasteiger charge is 2.42. The Kier molecular flexibility index (Phi) is 5.50. The van der Waals surface area contributed by atoms with E-state index in [0.29, 0.717) is 5.91 Å². The van der Waals surface area contributed by atoms with Crippen LogP contribution in [0, 0.1) is 17.3 Å². The summed E-state index contributed by atoms with van der Waals surface area (Å²) in [6.07, 6.45) is 8.66. The molecule has 0 radical (unpaired) electrons. The molecule has 0 aromatic carbocycles. The Hall–Kier alpha value is -1.14. The molecule has 5 nitrogen and oxygen atoms in total. The lowest BCUT2D eigenvalue weighted by Crippen LogP contribution is -2.53. The van der Waals surface area contributed by atoms with Gasteiger partial charge in [-0.05, 0) is 44.4 Å². The molecule has 1 saturated carbocycles. The molecule has 6 heteroatoms. The zero-order chi connectivity index (χ0) is 18.0. The molecule has 144 valence electrons. The number of carbonyl (C=O) groups is 1. The zero-order valence-corrected chi connectivity index (χ0v) is 16.7. The van der Waals surface area contributed by atoms with E-state index in [1.807, 2.05) is 11.6 Å².